The van der Waals surface area contributed by atoms with E-state index in [9.17, 15) is 9.90 Å². The van der Waals surface area contributed by atoms with Crippen LogP contribution < -0.4 is 5.73 Å². The van der Waals surface area contributed by atoms with Gasteiger partial charge >= 0.3 is 0 Å². The minimum atomic E-state index is -1.14. The largest absolute Gasteiger partial charge is 0.394 e. The molecule has 0 aromatic carbocycles. The number of nitrogens with zero attached hydrogens (tertiary/aromatic N) is 1. The van der Waals surface area contributed by atoms with Crippen molar-refractivity contribution in [2.45, 2.75) is 12.3 Å². The lowest BCUT2D eigenvalue weighted by Crippen LogP contribution is -2.47. The maximum Gasteiger partial charge on any atom is 0.246 e. The highest BCUT2D eigenvalue weighted by Crippen LogP contribution is 2.14. The Bertz CT molecular complexity index is 342. The smallest absolute Gasteiger partial charge is 0.246 e. The molecule has 0 saturated carbocycles. The maximum atomic E-state index is 11.1. The molecular formula is C11H18N2O5. The Labute approximate surface area is 105 Å². The summed E-state index contributed by atoms with van der Waals surface area (Å²) in [5, 5.41) is 27.3. The normalized spacial score (nSPS) is 18.4. The van der Waals surface area contributed by atoms with Gasteiger partial charge < -0.3 is 30.7 Å². The summed E-state index contributed by atoms with van der Waals surface area (Å²) in [6.07, 6.45) is 2.80. The minimum Gasteiger partial charge on any atom is -0.394 e. The Morgan fingerprint density at radius 2 is 2.28 bits per heavy atom. The van der Waals surface area contributed by atoms with Crippen LogP contribution in [-0.2, 0) is 9.53 Å². The van der Waals surface area contributed by atoms with Gasteiger partial charge in [-0.05, 0) is 6.08 Å². The number of nitrogens with two attached hydrogens (primary N) is 1. The third-order valence-corrected chi connectivity index (χ3v) is 2.47. The highest BCUT2D eigenvalue weighted by molar-refractivity contribution is 5.92. The third kappa shape index (κ3) is 3.81. The van der Waals surface area contributed by atoms with Crippen LogP contribution in [0.25, 0.3) is 0 Å². The summed E-state index contributed by atoms with van der Waals surface area (Å²) in [7, 11) is 0. The second-order valence-corrected chi connectivity index (χ2v) is 3.80. The topological polar surface area (TPSA) is 116 Å². The molecule has 5 N–H and O–H groups in total. The zero-order valence-corrected chi connectivity index (χ0v) is 9.90. The number of hydrogen-bond donors (Lipinski definition) is 4. The number of carbonyl (C=O) groups excluding carboxylic acids is 1. The molecular weight excluding hydrogens is 240 g/mol. The van der Waals surface area contributed by atoms with Gasteiger partial charge in [0.25, 0.3) is 0 Å². The van der Waals surface area contributed by atoms with Crippen LogP contribution in [0.4, 0.5) is 0 Å². The van der Waals surface area contributed by atoms with Crippen LogP contribution in [0.5, 0.6) is 0 Å². The van der Waals surface area contributed by atoms with E-state index >= 15 is 0 Å². The van der Waals surface area contributed by atoms with Gasteiger partial charge in [-0.3, -0.25) is 4.79 Å². The summed E-state index contributed by atoms with van der Waals surface area (Å²) in [4.78, 5) is 12.6. The van der Waals surface area contributed by atoms with Crippen LogP contribution in [-0.4, -0.2) is 64.8 Å². The first-order chi connectivity index (χ1) is 8.60. The fourth-order valence-electron chi connectivity index (χ4n) is 1.60. The van der Waals surface area contributed by atoms with Gasteiger partial charge in [-0.25, -0.2) is 0 Å². The highest BCUT2D eigenvalue weighted by atomic mass is 16.5. The van der Waals surface area contributed by atoms with Crippen molar-refractivity contribution in [1.29, 1.82) is 0 Å². The molecule has 1 heterocycles. The molecule has 1 rings (SSSR count). The SMILES string of the molecule is NC(=O)C1=CC=CN([C@H](OCCO)[C@H](O)CO)C1. The Hall–Kier alpha value is -1.41. The van der Waals surface area contributed by atoms with Gasteiger partial charge in [0.1, 0.15) is 6.10 Å². The molecule has 18 heavy (non-hydrogen) atoms. The molecule has 0 unspecified atom stereocenters. The average molecular weight is 258 g/mol. The molecule has 7 nitrogen and oxygen atoms in total. The quantitative estimate of drug-likeness (QED) is 0.416. The lowest BCUT2D eigenvalue weighted by Gasteiger charge is -2.34. The molecule has 1 amide bonds. The number of allylic oxidation sites excluding steroid dienone is 2. The molecule has 0 fully saturated rings. The molecule has 0 bridgehead atoms. The Morgan fingerprint density at radius 3 is 2.83 bits per heavy atom. The van der Waals surface area contributed by atoms with Crippen molar-refractivity contribution in [1.82, 2.24) is 4.90 Å². The molecule has 0 aromatic heterocycles. The molecule has 2 atom stereocenters. The number of rotatable bonds is 7. The zero-order chi connectivity index (χ0) is 13.5. The lowest BCUT2D eigenvalue weighted by molar-refractivity contribution is -0.127. The number of hydrogen-bond acceptors (Lipinski definition) is 6. The fourth-order valence-corrected chi connectivity index (χ4v) is 1.60. The van der Waals surface area contributed by atoms with E-state index in [1.807, 2.05) is 0 Å². The van der Waals surface area contributed by atoms with E-state index in [1.165, 1.54) is 4.90 Å². The predicted molar refractivity (Wildman–Crippen MR) is 63.0 cm³/mol. The van der Waals surface area contributed by atoms with Crippen molar-refractivity contribution >= 4 is 5.91 Å². The molecule has 102 valence electrons. The first-order valence-corrected chi connectivity index (χ1v) is 5.54. The third-order valence-electron chi connectivity index (χ3n) is 2.47. The Morgan fingerprint density at radius 1 is 1.56 bits per heavy atom. The molecule has 0 spiro atoms. The van der Waals surface area contributed by atoms with Crippen LogP contribution in [0.1, 0.15) is 0 Å². The number of aliphatic hydroxyl groups excluding tert-OH is 3. The number of amides is 1. The summed E-state index contributed by atoms with van der Waals surface area (Å²) in [6.45, 7) is -0.499. The summed E-state index contributed by atoms with van der Waals surface area (Å²) < 4.78 is 5.25. The van der Waals surface area contributed by atoms with Gasteiger partial charge in [0.15, 0.2) is 6.23 Å². The number of carbonyl (C=O) groups is 1. The highest BCUT2D eigenvalue weighted by Gasteiger charge is 2.26. The van der Waals surface area contributed by atoms with E-state index in [0.717, 1.165) is 0 Å². The summed E-state index contributed by atoms with van der Waals surface area (Å²) in [5.74, 6) is -0.552. The van der Waals surface area contributed by atoms with Crippen LogP contribution in [0.2, 0.25) is 0 Å². The molecule has 0 radical (unpaired) electrons. The second kappa shape index (κ2) is 7.12. The second-order valence-electron chi connectivity index (χ2n) is 3.80. The van der Waals surface area contributed by atoms with Crippen molar-refractivity contribution in [3.63, 3.8) is 0 Å². The predicted octanol–water partition coefficient (Wildman–Crippen LogP) is -2.08. The molecule has 0 aliphatic carbocycles. The maximum absolute atomic E-state index is 11.1. The Kier molecular flexibility index (Phi) is 5.79. The van der Waals surface area contributed by atoms with Crippen LogP contribution >= 0.6 is 0 Å². The van der Waals surface area contributed by atoms with Crippen molar-refractivity contribution in [2.75, 3.05) is 26.4 Å². The van der Waals surface area contributed by atoms with Crippen LogP contribution in [0.3, 0.4) is 0 Å². The monoisotopic (exact) mass is 258 g/mol. The van der Waals surface area contributed by atoms with Gasteiger partial charge in [-0.15, -0.1) is 0 Å². The van der Waals surface area contributed by atoms with E-state index in [4.69, 9.17) is 20.7 Å². The Balaban J connectivity index is 2.72. The number of primary amides is 1. The molecule has 0 saturated heterocycles. The van der Waals surface area contributed by atoms with Crippen LogP contribution in [0, 0.1) is 0 Å². The van der Waals surface area contributed by atoms with Crippen molar-refractivity contribution in [3.8, 4) is 0 Å². The van der Waals surface area contributed by atoms with E-state index in [1.54, 1.807) is 18.4 Å². The van der Waals surface area contributed by atoms with E-state index in [2.05, 4.69) is 0 Å². The first kappa shape index (κ1) is 14.7. The van der Waals surface area contributed by atoms with Gasteiger partial charge in [-0.2, -0.15) is 0 Å². The summed E-state index contributed by atoms with van der Waals surface area (Å²) in [6, 6.07) is 0. The summed E-state index contributed by atoms with van der Waals surface area (Å²) in [5.41, 5.74) is 5.55. The fraction of sp³-hybridized carbons (Fsp3) is 0.545. The average Bonchev–Trinajstić information content (AvgIpc) is 2.39. The lowest BCUT2D eigenvalue weighted by atomic mass is 10.1. The molecule has 7 heteroatoms. The van der Waals surface area contributed by atoms with Crippen molar-refractivity contribution < 1.29 is 24.9 Å². The van der Waals surface area contributed by atoms with Crippen molar-refractivity contribution in [3.05, 3.63) is 23.9 Å². The standard InChI is InChI=1S/C11H18N2O5/c12-10(17)8-2-1-3-13(6-8)11(9(16)7-15)18-5-4-14/h1-3,9,11,14-16H,4-7H2,(H2,12,17)/t9-,11-/m1/s1. The molecule has 1 aliphatic heterocycles. The number of ether oxygens (including phenoxy) is 1. The minimum absolute atomic E-state index is 0.0156. The number of aliphatic hydroxyl groups is 3. The van der Waals surface area contributed by atoms with Gasteiger partial charge in [0.05, 0.1) is 26.4 Å². The van der Waals surface area contributed by atoms with E-state index in [-0.39, 0.29) is 19.8 Å². The van der Waals surface area contributed by atoms with Crippen molar-refractivity contribution in [2.24, 2.45) is 5.73 Å². The molecule has 0 aromatic rings. The van der Waals surface area contributed by atoms with Gasteiger partial charge in [-0.1, -0.05) is 6.08 Å². The van der Waals surface area contributed by atoms with E-state index < -0.39 is 24.8 Å². The van der Waals surface area contributed by atoms with Gasteiger partial charge in [0, 0.05) is 11.8 Å². The van der Waals surface area contributed by atoms with Gasteiger partial charge in [0.2, 0.25) is 5.91 Å². The zero-order valence-electron chi connectivity index (χ0n) is 9.90. The van der Waals surface area contributed by atoms with E-state index in [0.29, 0.717) is 5.57 Å². The van der Waals surface area contributed by atoms with Crippen LogP contribution in [0.15, 0.2) is 23.9 Å². The molecule has 1 aliphatic rings. The summed E-state index contributed by atoms with van der Waals surface area (Å²) >= 11 is 0. The first-order valence-electron chi connectivity index (χ1n) is 5.54.